The number of benzene rings is 1. The van der Waals surface area contributed by atoms with Crippen molar-refractivity contribution in [3.05, 3.63) is 83.9 Å². The highest BCUT2D eigenvalue weighted by atomic mass is 19.1. The van der Waals surface area contributed by atoms with E-state index in [0.717, 1.165) is 23.3 Å². The number of nitrogens with one attached hydrogen (secondary N) is 1. The summed E-state index contributed by atoms with van der Waals surface area (Å²) in [6.07, 6.45) is 6.38. The van der Waals surface area contributed by atoms with Crippen LogP contribution in [0.1, 0.15) is 15.9 Å². The van der Waals surface area contributed by atoms with Crippen LogP contribution in [0.3, 0.4) is 0 Å². The first-order valence-corrected chi connectivity index (χ1v) is 7.51. The molecule has 6 heteroatoms. The van der Waals surface area contributed by atoms with E-state index in [0.29, 0.717) is 11.0 Å². The number of hydrogen-bond acceptors (Lipinski definition) is 3. The zero-order valence-corrected chi connectivity index (χ0v) is 12.8. The normalized spacial score (nSPS) is 11.0. The Hall–Kier alpha value is -3.41. The van der Waals surface area contributed by atoms with Gasteiger partial charge in [0.2, 0.25) is 5.78 Å². The van der Waals surface area contributed by atoms with E-state index in [9.17, 15) is 13.6 Å². The molecule has 0 saturated carbocycles. The van der Waals surface area contributed by atoms with E-state index in [1.165, 1.54) is 12.3 Å². The molecule has 1 aromatic carbocycles. The molecule has 0 aliphatic heterocycles. The zero-order valence-electron chi connectivity index (χ0n) is 12.8. The van der Waals surface area contributed by atoms with E-state index in [-0.39, 0.29) is 5.56 Å². The number of rotatable bonds is 3. The lowest BCUT2D eigenvalue weighted by Crippen LogP contribution is -2.07. The fourth-order valence-corrected chi connectivity index (χ4v) is 2.74. The molecule has 0 radical (unpaired) electrons. The average Bonchev–Trinajstić information content (AvgIpc) is 3.05. The highest BCUT2D eigenvalue weighted by Gasteiger charge is 2.22. The summed E-state index contributed by atoms with van der Waals surface area (Å²) in [5.41, 5.74) is 1.72. The van der Waals surface area contributed by atoms with Crippen molar-refractivity contribution in [2.75, 3.05) is 0 Å². The minimum absolute atomic E-state index is 0.169. The fourth-order valence-electron chi connectivity index (χ4n) is 2.74. The predicted molar refractivity (Wildman–Crippen MR) is 89.1 cm³/mol. The lowest BCUT2D eigenvalue weighted by molar-refractivity contribution is 0.103. The molecule has 0 atom stereocenters. The Morgan fingerprint density at radius 1 is 1.00 bits per heavy atom. The average molecular weight is 335 g/mol. The third-order valence-electron chi connectivity index (χ3n) is 3.98. The first kappa shape index (κ1) is 15.1. The Morgan fingerprint density at radius 2 is 1.72 bits per heavy atom. The summed E-state index contributed by atoms with van der Waals surface area (Å²) in [6.45, 7) is 0. The molecular formula is C19H11F2N3O. The number of pyridine rings is 2. The van der Waals surface area contributed by atoms with Crippen molar-refractivity contribution >= 4 is 16.8 Å². The Morgan fingerprint density at radius 3 is 2.44 bits per heavy atom. The van der Waals surface area contributed by atoms with Crippen molar-refractivity contribution in [2.24, 2.45) is 0 Å². The maximum atomic E-state index is 13.9. The van der Waals surface area contributed by atoms with Crippen LogP contribution in [0, 0.1) is 11.6 Å². The molecule has 1 N–H and O–H groups in total. The van der Waals surface area contributed by atoms with E-state index < -0.39 is 23.0 Å². The number of aromatic amines is 1. The number of halogens is 2. The van der Waals surface area contributed by atoms with E-state index in [4.69, 9.17) is 0 Å². The number of aromatic nitrogens is 3. The number of fused-ring (bicyclic) bond motifs is 1. The second-order valence-corrected chi connectivity index (χ2v) is 5.48. The standard InChI is InChI=1S/C19H11F2N3O/c20-15-2-1-3-16(21)17(15)18(25)14-10-24-19-13(14)8-12(9-23-19)11-4-6-22-7-5-11/h1-10H,(H,23,24). The van der Waals surface area contributed by atoms with Crippen LogP contribution >= 0.6 is 0 Å². The molecule has 0 bridgehead atoms. The summed E-state index contributed by atoms with van der Waals surface area (Å²) < 4.78 is 27.9. The monoisotopic (exact) mass is 335 g/mol. The van der Waals surface area contributed by atoms with Crippen LogP contribution in [-0.4, -0.2) is 20.7 Å². The SMILES string of the molecule is O=C(c1c(F)cccc1F)c1c[nH]c2ncc(-c3ccncc3)cc12. The van der Waals surface area contributed by atoms with Gasteiger partial charge in [-0.2, -0.15) is 0 Å². The van der Waals surface area contributed by atoms with Crippen molar-refractivity contribution in [1.82, 2.24) is 15.0 Å². The van der Waals surface area contributed by atoms with E-state index in [1.54, 1.807) is 24.7 Å². The smallest absolute Gasteiger partial charge is 0.201 e. The molecule has 0 saturated heterocycles. The van der Waals surface area contributed by atoms with Crippen LogP contribution in [0.4, 0.5) is 8.78 Å². The lowest BCUT2D eigenvalue weighted by atomic mass is 10.0. The second kappa shape index (κ2) is 5.90. The summed E-state index contributed by atoms with van der Waals surface area (Å²) in [5, 5.41) is 0.502. The second-order valence-electron chi connectivity index (χ2n) is 5.48. The van der Waals surface area contributed by atoms with Crippen molar-refractivity contribution in [2.45, 2.75) is 0 Å². The Kier molecular flexibility index (Phi) is 3.57. The predicted octanol–water partition coefficient (Wildman–Crippen LogP) is 4.13. The van der Waals surface area contributed by atoms with Gasteiger partial charge in [-0.25, -0.2) is 13.8 Å². The molecule has 0 spiro atoms. The zero-order chi connectivity index (χ0) is 17.4. The molecule has 4 aromatic rings. The van der Waals surface area contributed by atoms with E-state index >= 15 is 0 Å². The van der Waals surface area contributed by atoms with Crippen LogP contribution in [0.5, 0.6) is 0 Å². The maximum Gasteiger partial charge on any atom is 0.201 e. The van der Waals surface area contributed by atoms with Gasteiger partial charge in [0.15, 0.2) is 0 Å². The molecule has 3 heterocycles. The number of ketones is 1. The highest BCUT2D eigenvalue weighted by Crippen LogP contribution is 2.27. The number of H-pyrrole nitrogens is 1. The quantitative estimate of drug-likeness (QED) is 0.573. The van der Waals surface area contributed by atoms with Crippen LogP contribution < -0.4 is 0 Å². The van der Waals surface area contributed by atoms with E-state index in [2.05, 4.69) is 15.0 Å². The summed E-state index contributed by atoms with van der Waals surface area (Å²) >= 11 is 0. The maximum absolute atomic E-state index is 13.9. The fraction of sp³-hybridized carbons (Fsp3) is 0. The first-order chi connectivity index (χ1) is 12.1. The van der Waals surface area contributed by atoms with Gasteiger partial charge >= 0.3 is 0 Å². The topological polar surface area (TPSA) is 58.6 Å². The molecule has 0 unspecified atom stereocenters. The lowest BCUT2D eigenvalue weighted by Gasteiger charge is -2.04. The first-order valence-electron chi connectivity index (χ1n) is 7.51. The molecule has 122 valence electrons. The molecule has 0 fully saturated rings. The van der Waals surface area contributed by atoms with Gasteiger partial charge in [-0.15, -0.1) is 0 Å². The molecule has 0 aliphatic rings. The van der Waals surface area contributed by atoms with Gasteiger partial charge in [0.1, 0.15) is 17.3 Å². The van der Waals surface area contributed by atoms with Crippen molar-refractivity contribution < 1.29 is 13.6 Å². The molecule has 0 amide bonds. The third-order valence-corrected chi connectivity index (χ3v) is 3.98. The van der Waals surface area contributed by atoms with E-state index in [1.807, 2.05) is 12.1 Å². The van der Waals surface area contributed by atoms with Gasteiger partial charge in [0, 0.05) is 41.3 Å². The number of nitrogens with zero attached hydrogens (tertiary/aromatic N) is 2. The van der Waals surface area contributed by atoms with Crippen molar-refractivity contribution in [3.63, 3.8) is 0 Å². The molecule has 25 heavy (non-hydrogen) atoms. The third kappa shape index (κ3) is 2.57. The van der Waals surface area contributed by atoms with Crippen LogP contribution in [0.2, 0.25) is 0 Å². The van der Waals surface area contributed by atoms with Gasteiger partial charge in [-0.05, 0) is 35.9 Å². The van der Waals surface area contributed by atoms with Crippen LogP contribution in [-0.2, 0) is 0 Å². The van der Waals surface area contributed by atoms with Gasteiger partial charge in [-0.3, -0.25) is 9.78 Å². The molecular weight excluding hydrogens is 324 g/mol. The largest absolute Gasteiger partial charge is 0.345 e. The summed E-state index contributed by atoms with van der Waals surface area (Å²) in [4.78, 5) is 23.8. The molecule has 4 nitrogen and oxygen atoms in total. The Labute approximate surface area is 141 Å². The molecule has 3 aromatic heterocycles. The summed E-state index contributed by atoms with van der Waals surface area (Å²) in [6, 6.07) is 8.73. The van der Waals surface area contributed by atoms with Crippen molar-refractivity contribution in [3.8, 4) is 11.1 Å². The summed E-state index contributed by atoms with van der Waals surface area (Å²) in [5.74, 6) is -2.51. The number of hydrogen-bond donors (Lipinski definition) is 1. The number of carbonyl (C=O) groups excluding carboxylic acids is 1. The molecule has 4 rings (SSSR count). The van der Waals surface area contributed by atoms with Gasteiger partial charge < -0.3 is 4.98 Å². The minimum Gasteiger partial charge on any atom is -0.345 e. The Bertz CT molecular complexity index is 1070. The minimum atomic E-state index is -0.891. The molecule has 0 aliphatic carbocycles. The van der Waals surface area contributed by atoms with Gasteiger partial charge in [0.25, 0.3) is 0 Å². The van der Waals surface area contributed by atoms with Gasteiger partial charge in [0.05, 0.1) is 5.56 Å². The van der Waals surface area contributed by atoms with Gasteiger partial charge in [-0.1, -0.05) is 6.07 Å². The van der Waals surface area contributed by atoms with Crippen LogP contribution in [0.25, 0.3) is 22.2 Å². The van der Waals surface area contributed by atoms with Crippen molar-refractivity contribution in [1.29, 1.82) is 0 Å². The highest BCUT2D eigenvalue weighted by molar-refractivity contribution is 6.16. The number of carbonyl (C=O) groups is 1. The van der Waals surface area contributed by atoms with Crippen LogP contribution in [0.15, 0.2) is 61.2 Å². The summed E-state index contributed by atoms with van der Waals surface area (Å²) in [7, 11) is 0. The Balaban J connectivity index is 1.87.